The minimum absolute atomic E-state index is 0.0576. The van der Waals surface area contributed by atoms with Gasteiger partial charge in [-0.2, -0.15) is 0 Å². The first-order chi connectivity index (χ1) is 8.24. The van der Waals surface area contributed by atoms with Crippen LogP contribution < -0.4 is 5.32 Å². The molecule has 0 spiro atoms. The summed E-state index contributed by atoms with van der Waals surface area (Å²) in [4.78, 5) is 15.8. The van der Waals surface area contributed by atoms with Crippen molar-refractivity contribution in [3.8, 4) is 0 Å². The van der Waals surface area contributed by atoms with Crippen LogP contribution in [-0.4, -0.2) is 21.6 Å². The molecule has 4 atom stereocenters. The Hall–Kier alpha value is -1.32. The van der Waals surface area contributed by atoms with Crippen LogP contribution in [0.3, 0.4) is 0 Å². The molecule has 4 nitrogen and oxygen atoms in total. The number of amides is 1. The fourth-order valence-corrected chi connectivity index (χ4v) is 3.66. The summed E-state index contributed by atoms with van der Waals surface area (Å²) < 4.78 is 1.50. The molecule has 1 amide bonds. The van der Waals surface area contributed by atoms with Crippen LogP contribution in [0.4, 0.5) is 4.79 Å². The molecule has 1 aromatic rings. The third-order valence-corrected chi connectivity index (χ3v) is 4.53. The number of hydrogen-bond acceptors (Lipinski definition) is 2. The van der Waals surface area contributed by atoms with E-state index in [4.69, 9.17) is 0 Å². The van der Waals surface area contributed by atoms with Crippen LogP contribution in [0, 0.1) is 17.8 Å². The van der Waals surface area contributed by atoms with Gasteiger partial charge in [-0.25, -0.2) is 9.78 Å². The van der Waals surface area contributed by atoms with Crippen molar-refractivity contribution in [2.24, 2.45) is 17.8 Å². The lowest BCUT2D eigenvalue weighted by atomic mass is 9.84. The van der Waals surface area contributed by atoms with Crippen LogP contribution in [0.2, 0.25) is 0 Å². The highest BCUT2D eigenvalue weighted by molar-refractivity contribution is 5.76. The molecule has 4 heteroatoms. The van der Waals surface area contributed by atoms with Gasteiger partial charge in [0.05, 0.1) is 0 Å². The first-order valence-corrected chi connectivity index (χ1v) is 6.53. The Morgan fingerprint density at radius 2 is 2.35 bits per heavy atom. The van der Waals surface area contributed by atoms with E-state index in [2.05, 4.69) is 17.2 Å². The summed E-state index contributed by atoms with van der Waals surface area (Å²) in [5.74, 6) is 2.46. The molecule has 2 aliphatic carbocycles. The highest BCUT2D eigenvalue weighted by atomic mass is 16.2. The average Bonchev–Trinajstić information content (AvgIpc) is 3.05. The number of imidazole rings is 1. The average molecular weight is 233 g/mol. The van der Waals surface area contributed by atoms with E-state index in [1.807, 2.05) is 0 Å². The summed E-state index contributed by atoms with van der Waals surface area (Å²) in [5, 5.41) is 3.09. The Kier molecular flexibility index (Phi) is 2.65. The van der Waals surface area contributed by atoms with E-state index < -0.39 is 0 Å². The van der Waals surface area contributed by atoms with Gasteiger partial charge in [0.15, 0.2) is 0 Å². The van der Waals surface area contributed by atoms with Gasteiger partial charge >= 0.3 is 6.03 Å². The zero-order chi connectivity index (χ0) is 11.8. The minimum Gasteiger partial charge on any atom is -0.335 e. The van der Waals surface area contributed by atoms with Gasteiger partial charge in [0.25, 0.3) is 0 Å². The SMILES string of the molecule is C[C@@H](NC(=O)n1ccnc1)[C@@H]1C[C@@H]2CC[C@@H]1C2. The van der Waals surface area contributed by atoms with Gasteiger partial charge < -0.3 is 5.32 Å². The molecule has 2 fully saturated rings. The van der Waals surface area contributed by atoms with Gasteiger partial charge in [-0.3, -0.25) is 4.57 Å². The Labute approximate surface area is 101 Å². The van der Waals surface area contributed by atoms with Gasteiger partial charge in [-0.1, -0.05) is 6.42 Å². The number of nitrogens with one attached hydrogen (secondary N) is 1. The van der Waals surface area contributed by atoms with Crippen LogP contribution in [0.5, 0.6) is 0 Å². The normalized spacial score (nSPS) is 32.6. The van der Waals surface area contributed by atoms with Crippen LogP contribution in [0.1, 0.15) is 32.6 Å². The fourth-order valence-electron chi connectivity index (χ4n) is 3.66. The first kappa shape index (κ1) is 10.8. The Morgan fingerprint density at radius 3 is 2.94 bits per heavy atom. The summed E-state index contributed by atoms with van der Waals surface area (Å²) in [6, 6.07) is 0.220. The summed E-state index contributed by atoms with van der Waals surface area (Å²) in [6.45, 7) is 2.14. The third kappa shape index (κ3) is 1.96. The Morgan fingerprint density at radius 1 is 1.47 bits per heavy atom. The number of rotatable bonds is 2. The molecule has 17 heavy (non-hydrogen) atoms. The predicted octanol–water partition coefficient (Wildman–Crippen LogP) is 2.27. The second kappa shape index (κ2) is 4.17. The van der Waals surface area contributed by atoms with E-state index in [1.165, 1.54) is 30.3 Å². The zero-order valence-electron chi connectivity index (χ0n) is 10.2. The smallest absolute Gasteiger partial charge is 0.327 e. The lowest BCUT2D eigenvalue weighted by Gasteiger charge is -2.28. The maximum atomic E-state index is 11.9. The number of aromatic nitrogens is 2. The van der Waals surface area contributed by atoms with Gasteiger partial charge in [0.1, 0.15) is 6.33 Å². The van der Waals surface area contributed by atoms with Crippen molar-refractivity contribution in [1.82, 2.24) is 14.9 Å². The molecule has 0 aliphatic heterocycles. The molecule has 3 rings (SSSR count). The van der Waals surface area contributed by atoms with Gasteiger partial charge in [-0.05, 0) is 43.9 Å². The molecule has 2 saturated carbocycles. The van der Waals surface area contributed by atoms with Crippen molar-refractivity contribution in [1.29, 1.82) is 0 Å². The third-order valence-electron chi connectivity index (χ3n) is 4.53. The lowest BCUT2D eigenvalue weighted by molar-refractivity contribution is 0.221. The predicted molar refractivity (Wildman–Crippen MR) is 64.6 cm³/mol. The topological polar surface area (TPSA) is 46.9 Å². The standard InChI is InChI=1S/C13H19N3O/c1-9(12-7-10-2-3-11(12)6-10)15-13(17)16-5-4-14-8-16/h4-5,8-12H,2-3,6-7H2,1H3,(H,15,17)/t9-,10-,11-,12+/m1/s1. The van der Waals surface area contributed by atoms with Crippen molar-refractivity contribution in [3.05, 3.63) is 18.7 Å². The zero-order valence-corrected chi connectivity index (χ0v) is 10.2. The maximum Gasteiger partial charge on any atom is 0.327 e. The van der Waals surface area contributed by atoms with Crippen molar-refractivity contribution in [2.45, 2.75) is 38.6 Å². The second-order valence-corrected chi connectivity index (χ2v) is 5.55. The molecule has 1 aromatic heterocycles. The van der Waals surface area contributed by atoms with Crippen molar-refractivity contribution in [3.63, 3.8) is 0 Å². The molecule has 92 valence electrons. The largest absolute Gasteiger partial charge is 0.335 e. The molecule has 2 aliphatic rings. The quantitative estimate of drug-likeness (QED) is 0.851. The van der Waals surface area contributed by atoms with E-state index in [0.29, 0.717) is 5.92 Å². The van der Waals surface area contributed by atoms with Gasteiger partial charge in [-0.15, -0.1) is 0 Å². The molecule has 2 bridgehead atoms. The number of hydrogen-bond donors (Lipinski definition) is 1. The highest BCUT2D eigenvalue weighted by Crippen LogP contribution is 2.49. The first-order valence-electron chi connectivity index (χ1n) is 6.53. The van der Waals surface area contributed by atoms with Crippen molar-refractivity contribution < 1.29 is 4.79 Å². The molecule has 0 unspecified atom stereocenters. The molecular weight excluding hydrogens is 214 g/mol. The van der Waals surface area contributed by atoms with Crippen molar-refractivity contribution >= 4 is 6.03 Å². The fraction of sp³-hybridized carbons (Fsp3) is 0.692. The Bertz CT molecular complexity index is 401. The minimum atomic E-state index is -0.0576. The van der Waals surface area contributed by atoms with Crippen LogP contribution in [-0.2, 0) is 0 Å². The summed E-state index contributed by atoms with van der Waals surface area (Å²) in [5.41, 5.74) is 0. The summed E-state index contributed by atoms with van der Waals surface area (Å²) in [7, 11) is 0. The van der Waals surface area contributed by atoms with Crippen LogP contribution in [0.15, 0.2) is 18.7 Å². The maximum absolute atomic E-state index is 11.9. The number of carbonyl (C=O) groups is 1. The number of nitrogens with zero attached hydrogens (tertiary/aromatic N) is 2. The van der Waals surface area contributed by atoms with E-state index in [9.17, 15) is 4.79 Å². The van der Waals surface area contributed by atoms with E-state index >= 15 is 0 Å². The van der Waals surface area contributed by atoms with Gasteiger partial charge in [0.2, 0.25) is 0 Å². The monoisotopic (exact) mass is 233 g/mol. The molecule has 1 heterocycles. The highest BCUT2D eigenvalue weighted by Gasteiger charge is 2.42. The lowest BCUT2D eigenvalue weighted by Crippen LogP contribution is -2.41. The van der Waals surface area contributed by atoms with Crippen LogP contribution in [0.25, 0.3) is 0 Å². The van der Waals surface area contributed by atoms with E-state index in [-0.39, 0.29) is 12.1 Å². The van der Waals surface area contributed by atoms with Crippen molar-refractivity contribution in [2.75, 3.05) is 0 Å². The van der Waals surface area contributed by atoms with E-state index in [0.717, 1.165) is 11.8 Å². The van der Waals surface area contributed by atoms with Crippen LogP contribution >= 0.6 is 0 Å². The molecule has 0 radical (unpaired) electrons. The molecule has 0 aromatic carbocycles. The molecule has 0 saturated heterocycles. The molecular formula is C13H19N3O. The number of carbonyl (C=O) groups excluding carboxylic acids is 1. The molecule has 1 N–H and O–H groups in total. The summed E-state index contributed by atoms with van der Waals surface area (Å²) in [6.07, 6.45) is 10.3. The van der Waals surface area contributed by atoms with E-state index in [1.54, 1.807) is 18.7 Å². The second-order valence-electron chi connectivity index (χ2n) is 5.55. The van der Waals surface area contributed by atoms with Gasteiger partial charge in [0, 0.05) is 18.4 Å². The number of fused-ring (bicyclic) bond motifs is 2. The summed E-state index contributed by atoms with van der Waals surface area (Å²) >= 11 is 0. The Balaban J connectivity index is 1.60.